The van der Waals surface area contributed by atoms with E-state index in [0.29, 0.717) is 13.0 Å². The van der Waals surface area contributed by atoms with Crippen LogP contribution in [0.2, 0.25) is 0 Å². The van der Waals surface area contributed by atoms with Crippen LogP contribution in [0.1, 0.15) is 25.0 Å². The van der Waals surface area contributed by atoms with E-state index >= 15 is 0 Å². The van der Waals surface area contributed by atoms with E-state index in [1.807, 2.05) is 0 Å². The third-order valence-corrected chi connectivity index (χ3v) is 3.66. The van der Waals surface area contributed by atoms with Crippen molar-refractivity contribution >= 4 is 29.2 Å². The van der Waals surface area contributed by atoms with Gasteiger partial charge in [0.25, 0.3) is 0 Å². The van der Waals surface area contributed by atoms with Gasteiger partial charge < -0.3 is 20.1 Å². The van der Waals surface area contributed by atoms with E-state index in [4.69, 9.17) is 10.2 Å². The first-order valence-corrected chi connectivity index (χ1v) is 7.08. The summed E-state index contributed by atoms with van der Waals surface area (Å²) in [7, 11) is 0. The van der Waals surface area contributed by atoms with Crippen molar-refractivity contribution in [3.05, 3.63) is 20.7 Å². The summed E-state index contributed by atoms with van der Waals surface area (Å²) in [5.41, 5.74) is 0.805. The van der Waals surface area contributed by atoms with Gasteiger partial charge in [0.2, 0.25) is 5.91 Å². The summed E-state index contributed by atoms with van der Waals surface area (Å²) in [6.45, 7) is 2.14. The van der Waals surface area contributed by atoms with Crippen LogP contribution in [0.4, 0.5) is 0 Å². The lowest BCUT2D eigenvalue weighted by Crippen LogP contribution is -2.42. The summed E-state index contributed by atoms with van der Waals surface area (Å²) in [6.07, 6.45) is -0.294. The number of carbonyl (C=O) groups is 3. The Kier molecular flexibility index (Phi) is 6.10. The summed E-state index contributed by atoms with van der Waals surface area (Å²) >= 11 is 1.08. The summed E-state index contributed by atoms with van der Waals surface area (Å²) < 4.78 is 1.53. The van der Waals surface area contributed by atoms with Gasteiger partial charge in [0.1, 0.15) is 6.04 Å². The average Bonchev–Trinajstić information content (AvgIpc) is 2.69. The number of nitrogens with zero attached hydrogens (tertiary/aromatic N) is 1. The predicted molar refractivity (Wildman–Crippen MR) is 74.4 cm³/mol. The molecule has 8 nitrogen and oxygen atoms in total. The highest BCUT2D eigenvalue weighted by molar-refractivity contribution is 7.07. The van der Waals surface area contributed by atoms with Gasteiger partial charge in [0.15, 0.2) is 0 Å². The first kappa shape index (κ1) is 16.9. The van der Waals surface area contributed by atoms with Crippen LogP contribution >= 0.6 is 11.3 Å². The fourth-order valence-corrected chi connectivity index (χ4v) is 2.47. The monoisotopic (exact) mass is 316 g/mol. The standard InChI is InChI=1S/C12H16N2O6S/c1-7-6-21-12(20)14(7)4-2-3-9(15)13-8(11(18)19)5-10(16)17/h6,8H,2-5H2,1H3,(H,13,15)(H,16,17)(H,18,19)/t8-/m1/s1. The van der Waals surface area contributed by atoms with Crippen LogP contribution in [0.25, 0.3) is 0 Å². The predicted octanol–water partition coefficient (Wildman–Crippen LogP) is 0.0425. The Morgan fingerprint density at radius 1 is 1.38 bits per heavy atom. The lowest BCUT2D eigenvalue weighted by molar-refractivity contribution is -0.147. The largest absolute Gasteiger partial charge is 0.481 e. The van der Waals surface area contributed by atoms with Gasteiger partial charge >= 0.3 is 16.8 Å². The van der Waals surface area contributed by atoms with Crippen molar-refractivity contribution in [2.75, 3.05) is 0 Å². The van der Waals surface area contributed by atoms with Gasteiger partial charge in [-0.2, -0.15) is 0 Å². The Hall–Kier alpha value is -2.16. The van der Waals surface area contributed by atoms with Gasteiger partial charge in [0, 0.05) is 24.0 Å². The third-order valence-electron chi connectivity index (χ3n) is 2.77. The Morgan fingerprint density at radius 3 is 2.52 bits per heavy atom. The van der Waals surface area contributed by atoms with E-state index in [1.54, 1.807) is 12.3 Å². The number of aromatic nitrogens is 1. The van der Waals surface area contributed by atoms with Crippen LogP contribution in [0.15, 0.2) is 10.2 Å². The summed E-state index contributed by atoms with van der Waals surface area (Å²) in [5, 5.41) is 21.2. The van der Waals surface area contributed by atoms with Crippen molar-refractivity contribution in [1.82, 2.24) is 9.88 Å². The molecule has 0 radical (unpaired) electrons. The first-order chi connectivity index (χ1) is 9.81. The van der Waals surface area contributed by atoms with Crippen molar-refractivity contribution in [3.63, 3.8) is 0 Å². The second-order valence-electron chi connectivity index (χ2n) is 4.45. The highest BCUT2D eigenvalue weighted by Crippen LogP contribution is 2.03. The normalized spacial score (nSPS) is 11.9. The molecule has 0 saturated heterocycles. The number of hydrogen-bond acceptors (Lipinski definition) is 5. The topological polar surface area (TPSA) is 126 Å². The van der Waals surface area contributed by atoms with Crippen molar-refractivity contribution in [3.8, 4) is 0 Å². The molecule has 1 rings (SSSR count). The van der Waals surface area contributed by atoms with Crippen LogP contribution < -0.4 is 10.2 Å². The molecule has 0 aliphatic heterocycles. The van der Waals surface area contributed by atoms with Gasteiger partial charge in [-0.05, 0) is 13.3 Å². The Morgan fingerprint density at radius 2 is 2.05 bits per heavy atom. The van der Waals surface area contributed by atoms with E-state index in [0.717, 1.165) is 17.0 Å². The molecule has 0 bridgehead atoms. The average molecular weight is 316 g/mol. The Labute approximate surface area is 124 Å². The van der Waals surface area contributed by atoms with Gasteiger partial charge in [0.05, 0.1) is 6.42 Å². The molecule has 0 aliphatic carbocycles. The summed E-state index contributed by atoms with van der Waals surface area (Å²) in [5.74, 6) is -3.25. The Balaban J connectivity index is 2.45. The first-order valence-electron chi connectivity index (χ1n) is 6.20. The number of rotatable bonds is 8. The van der Waals surface area contributed by atoms with Gasteiger partial charge in [-0.25, -0.2) is 4.79 Å². The molecule has 21 heavy (non-hydrogen) atoms. The molecule has 0 saturated carbocycles. The Bertz CT molecular complexity index is 591. The number of aryl methyl sites for hydroxylation is 1. The zero-order chi connectivity index (χ0) is 16.0. The second-order valence-corrected chi connectivity index (χ2v) is 5.28. The number of carbonyl (C=O) groups excluding carboxylic acids is 1. The molecule has 0 aliphatic rings. The van der Waals surface area contributed by atoms with E-state index in [1.165, 1.54) is 4.57 Å². The molecule has 116 valence electrons. The number of carboxylic acids is 2. The quantitative estimate of drug-likeness (QED) is 0.622. The highest BCUT2D eigenvalue weighted by Gasteiger charge is 2.22. The molecule has 1 heterocycles. The van der Waals surface area contributed by atoms with Crippen molar-refractivity contribution < 1.29 is 24.6 Å². The molecular formula is C12H16N2O6S. The molecule has 1 amide bonds. The molecule has 3 N–H and O–H groups in total. The second kappa shape index (κ2) is 7.58. The minimum absolute atomic E-state index is 0.0190. The van der Waals surface area contributed by atoms with Crippen LogP contribution in [-0.4, -0.2) is 38.7 Å². The number of carboxylic acid groups (broad SMARTS) is 2. The molecule has 9 heteroatoms. The highest BCUT2D eigenvalue weighted by atomic mass is 32.1. The number of amides is 1. The molecule has 1 aromatic heterocycles. The van der Waals surface area contributed by atoms with E-state index in [-0.39, 0.29) is 11.3 Å². The molecule has 0 aromatic carbocycles. The fraction of sp³-hybridized carbons (Fsp3) is 0.500. The van der Waals surface area contributed by atoms with Gasteiger partial charge in [-0.3, -0.25) is 14.4 Å². The maximum Gasteiger partial charge on any atom is 0.326 e. The molecule has 1 aromatic rings. The summed E-state index contributed by atoms with van der Waals surface area (Å²) in [6, 6.07) is -1.44. The third kappa shape index (κ3) is 5.38. The molecule has 0 fully saturated rings. The van der Waals surface area contributed by atoms with Crippen LogP contribution in [0.5, 0.6) is 0 Å². The number of aliphatic carboxylic acids is 2. The molecule has 1 atom stereocenters. The number of nitrogens with one attached hydrogen (secondary N) is 1. The minimum Gasteiger partial charge on any atom is -0.481 e. The van der Waals surface area contributed by atoms with E-state index < -0.39 is 30.3 Å². The molecular weight excluding hydrogens is 300 g/mol. The summed E-state index contributed by atoms with van der Waals surface area (Å²) in [4.78, 5) is 44.2. The van der Waals surface area contributed by atoms with Crippen LogP contribution in [0.3, 0.4) is 0 Å². The zero-order valence-corrected chi connectivity index (χ0v) is 12.2. The smallest absolute Gasteiger partial charge is 0.326 e. The fourth-order valence-electron chi connectivity index (χ4n) is 1.71. The van der Waals surface area contributed by atoms with Crippen molar-refractivity contribution in [2.45, 2.75) is 38.8 Å². The van der Waals surface area contributed by atoms with Crippen LogP contribution in [-0.2, 0) is 20.9 Å². The SMILES string of the molecule is Cc1csc(=O)n1CCCC(=O)N[C@H](CC(=O)O)C(=O)O. The number of hydrogen-bond donors (Lipinski definition) is 3. The van der Waals surface area contributed by atoms with Crippen LogP contribution in [0, 0.1) is 6.92 Å². The van der Waals surface area contributed by atoms with Gasteiger partial charge in [-0.15, -0.1) is 0 Å². The zero-order valence-electron chi connectivity index (χ0n) is 11.4. The van der Waals surface area contributed by atoms with Crippen molar-refractivity contribution in [2.24, 2.45) is 0 Å². The molecule has 0 unspecified atom stereocenters. The lowest BCUT2D eigenvalue weighted by atomic mass is 10.2. The maximum absolute atomic E-state index is 11.6. The van der Waals surface area contributed by atoms with E-state index in [2.05, 4.69) is 5.32 Å². The number of thiazole rings is 1. The maximum atomic E-state index is 11.6. The van der Waals surface area contributed by atoms with E-state index in [9.17, 15) is 19.2 Å². The van der Waals surface area contributed by atoms with Gasteiger partial charge in [-0.1, -0.05) is 11.3 Å². The van der Waals surface area contributed by atoms with Crippen molar-refractivity contribution in [1.29, 1.82) is 0 Å². The lowest BCUT2D eigenvalue weighted by Gasteiger charge is -2.12. The molecule has 0 spiro atoms. The minimum atomic E-state index is -1.44.